The molecule has 1 N–H and O–H groups in total. The number of hydrogen-bond donors (Lipinski definition) is 1. The van der Waals surface area contributed by atoms with Crippen LogP contribution in [0.3, 0.4) is 0 Å². The summed E-state index contributed by atoms with van der Waals surface area (Å²) in [7, 11) is 1.91. The number of piperidine rings is 1. The monoisotopic (exact) mass is 409 g/mol. The molecule has 1 aliphatic heterocycles. The molecule has 1 amide bonds. The van der Waals surface area contributed by atoms with E-state index in [2.05, 4.69) is 15.4 Å². The Hall–Kier alpha value is -2.58. The maximum absolute atomic E-state index is 12.7. The average Bonchev–Trinajstić information content (AvgIpc) is 2.93. The highest BCUT2D eigenvalue weighted by Gasteiger charge is 2.31. The second kappa shape index (κ2) is 8.42. The molecule has 0 atom stereocenters. The van der Waals surface area contributed by atoms with Crippen molar-refractivity contribution in [1.29, 1.82) is 0 Å². The maximum Gasteiger partial charge on any atom is 0.417 e. The number of halogens is 3. The fraction of sp³-hybridized carbons (Fsp3) is 0.550. The summed E-state index contributed by atoms with van der Waals surface area (Å²) < 4.78 is 39.8. The Morgan fingerprint density at radius 3 is 2.45 bits per heavy atom. The third kappa shape index (κ3) is 4.89. The lowest BCUT2D eigenvalue weighted by Crippen LogP contribution is -2.41. The van der Waals surface area contributed by atoms with E-state index in [9.17, 15) is 18.0 Å². The van der Waals surface area contributed by atoms with Crippen LogP contribution in [0.1, 0.15) is 35.4 Å². The molecule has 9 heteroatoms. The zero-order valence-corrected chi connectivity index (χ0v) is 16.9. The van der Waals surface area contributed by atoms with Crippen LogP contribution >= 0.6 is 0 Å². The highest BCUT2D eigenvalue weighted by atomic mass is 19.4. The second-order valence-corrected chi connectivity index (χ2v) is 7.48. The molecule has 1 fully saturated rings. The van der Waals surface area contributed by atoms with Crippen molar-refractivity contribution in [2.24, 2.45) is 13.0 Å². The van der Waals surface area contributed by atoms with Crippen LogP contribution in [0.5, 0.6) is 0 Å². The zero-order chi connectivity index (χ0) is 21.2. The SMILES string of the molecule is Cc1nn(C)c(C)c1CCNC(=O)C1CCN(c2ccc(C(F)(F)F)cn2)CC1. The van der Waals surface area contributed by atoms with Crippen LogP contribution in [-0.2, 0) is 24.4 Å². The zero-order valence-electron chi connectivity index (χ0n) is 16.9. The lowest BCUT2D eigenvalue weighted by atomic mass is 9.95. The molecule has 158 valence electrons. The van der Waals surface area contributed by atoms with E-state index in [0.717, 1.165) is 35.6 Å². The number of carbonyl (C=O) groups is 1. The van der Waals surface area contributed by atoms with Gasteiger partial charge in [-0.05, 0) is 50.8 Å². The molecule has 6 nitrogen and oxygen atoms in total. The first-order valence-corrected chi connectivity index (χ1v) is 9.72. The van der Waals surface area contributed by atoms with Gasteiger partial charge in [-0.25, -0.2) is 4.98 Å². The van der Waals surface area contributed by atoms with Gasteiger partial charge in [0.15, 0.2) is 0 Å². The van der Waals surface area contributed by atoms with Crippen LogP contribution in [0.4, 0.5) is 19.0 Å². The molecule has 0 aromatic carbocycles. The molecule has 0 spiro atoms. The van der Waals surface area contributed by atoms with Gasteiger partial charge < -0.3 is 10.2 Å². The number of pyridine rings is 1. The molecular weight excluding hydrogens is 383 g/mol. The molecule has 1 aliphatic rings. The first-order valence-electron chi connectivity index (χ1n) is 9.72. The van der Waals surface area contributed by atoms with Gasteiger partial charge in [-0.1, -0.05) is 0 Å². The normalized spacial score (nSPS) is 15.6. The number of aryl methyl sites for hydroxylation is 2. The van der Waals surface area contributed by atoms with Crippen molar-refractivity contribution in [3.63, 3.8) is 0 Å². The fourth-order valence-electron chi connectivity index (χ4n) is 3.75. The summed E-state index contributed by atoms with van der Waals surface area (Å²) in [5.41, 5.74) is 2.50. The molecular formula is C20H26F3N5O. The lowest BCUT2D eigenvalue weighted by molar-refractivity contribution is -0.137. The quantitative estimate of drug-likeness (QED) is 0.825. The Morgan fingerprint density at radius 1 is 1.24 bits per heavy atom. The molecule has 3 heterocycles. The van der Waals surface area contributed by atoms with Crippen molar-refractivity contribution in [3.8, 4) is 0 Å². The minimum Gasteiger partial charge on any atom is -0.357 e. The van der Waals surface area contributed by atoms with E-state index < -0.39 is 11.7 Å². The number of rotatable bonds is 5. The van der Waals surface area contributed by atoms with E-state index in [1.807, 2.05) is 30.5 Å². The van der Waals surface area contributed by atoms with Crippen LogP contribution in [0.25, 0.3) is 0 Å². The Balaban J connectivity index is 1.47. The second-order valence-electron chi connectivity index (χ2n) is 7.48. The van der Waals surface area contributed by atoms with Crippen molar-refractivity contribution in [2.45, 2.75) is 39.3 Å². The summed E-state index contributed by atoms with van der Waals surface area (Å²) in [4.78, 5) is 18.3. The number of hydrogen-bond acceptors (Lipinski definition) is 4. The van der Waals surface area contributed by atoms with Crippen molar-refractivity contribution in [3.05, 3.63) is 40.8 Å². The van der Waals surface area contributed by atoms with Gasteiger partial charge in [-0.15, -0.1) is 0 Å². The molecule has 0 aliphatic carbocycles. The van der Waals surface area contributed by atoms with Gasteiger partial charge >= 0.3 is 6.18 Å². The largest absolute Gasteiger partial charge is 0.417 e. The van der Waals surface area contributed by atoms with Crippen LogP contribution in [0.15, 0.2) is 18.3 Å². The van der Waals surface area contributed by atoms with Crippen molar-refractivity contribution in [1.82, 2.24) is 20.1 Å². The summed E-state index contributed by atoms with van der Waals surface area (Å²) >= 11 is 0. The number of nitrogens with one attached hydrogen (secondary N) is 1. The van der Waals surface area contributed by atoms with E-state index in [1.165, 1.54) is 6.07 Å². The van der Waals surface area contributed by atoms with Crippen molar-refractivity contribution in [2.75, 3.05) is 24.5 Å². The minimum absolute atomic E-state index is 0.0317. The van der Waals surface area contributed by atoms with Gasteiger partial charge in [-0.3, -0.25) is 9.48 Å². The maximum atomic E-state index is 12.7. The van der Waals surface area contributed by atoms with E-state index in [4.69, 9.17) is 0 Å². The van der Waals surface area contributed by atoms with Gasteiger partial charge in [0.1, 0.15) is 5.82 Å². The predicted octanol–water partition coefficient (Wildman–Crippen LogP) is 3.03. The van der Waals surface area contributed by atoms with E-state index in [-0.39, 0.29) is 11.8 Å². The standard InChI is InChI=1S/C20H26F3N5O/c1-13-17(14(2)27(3)26-13)6-9-24-19(29)15-7-10-28(11-8-15)18-5-4-16(12-25-18)20(21,22)23/h4-5,12,15H,6-11H2,1-3H3,(H,24,29). The summed E-state index contributed by atoms with van der Waals surface area (Å²) in [5.74, 6) is 0.459. The average molecular weight is 409 g/mol. The van der Waals surface area contributed by atoms with Crippen LogP contribution in [-0.4, -0.2) is 40.3 Å². The predicted molar refractivity (Wildman–Crippen MR) is 104 cm³/mol. The van der Waals surface area contributed by atoms with Gasteiger partial charge in [0.25, 0.3) is 0 Å². The van der Waals surface area contributed by atoms with Gasteiger partial charge in [0.05, 0.1) is 11.3 Å². The van der Waals surface area contributed by atoms with Crippen LogP contribution in [0, 0.1) is 19.8 Å². The summed E-state index contributed by atoms with van der Waals surface area (Å²) in [6.45, 7) is 5.73. The molecule has 0 bridgehead atoms. The highest BCUT2D eigenvalue weighted by molar-refractivity contribution is 5.79. The van der Waals surface area contributed by atoms with Gasteiger partial charge in [0.2, 0.25) is 5.91 Å². The van der Waals surface area contributed by atoms with E-state index in [1.54, 1.807) is 0 Å². The highest BCUT2D eigenvalue weighted by Crippen LogP contribution is 2.30. The molecule has 29 heavy (non-hydrogen) atoms. The Bertz CT molecular complexity index is 852. The molecule has 3 rings (SSSR count). The van der Waals surface area contributed by atoms with Gasteiger partial charge in [0, 0.05) is 44.5 Å². The number of nitrogens with zero attached hydrogens (tertiary/aromatic N) is 4. The summed E-state index contributed by atoms with van der Waals surface area (Å²) in [5, 5.41) is 7.39. The van der Waals surface area contributed by atoms with Crippen LogP contribution in [0.2, 0.25) is 0 Å². The summed E-state index contributed by atoms with van der Waals surface area (Å²) in [6, 6.07) is 2.44. The third-order valence-electron chi connectivity index (χ3n) is 5.60. The molecule has 0 radical (unpaired) electrons. The molecule has 2 aromatic rings. The molecule has 2 aromatic heterocycles. The van der Waals surface area contributed by atoms with Crippen LogP contribution < -0.4 is 10.2 Å². The molecule has 0 saturated carbocycles. The summed E-state index contributed by atoms with van der Waals surface area (Å²) in [6.07, 6.45) is -1.48. The molecule has 0 unspecified atom stereocenters. The lowest BCUT2D eigenvalue weighted by Gasteiger charge is -2.32. The molecule has 1 saturated heterocycles. The number of aromatic nitrogens is 3. The first-order chi connectivity index (χ1) is 13.7. The fourth-order valence-corrected chi connectivity index (χ4v) is 3.75. The Morgan fingerprint density at radius 2 is 1.93 bits per heavy atom. The van der Waals surface area contributed by atoms with E-state index >= 15 is 0 Å². The Kier molecular flexibility index (Phi) is 6.14. The number of carbonyl (C=O) groups excluding carboxylic acids is 1. The Labute approximate surface area is 168 Å². The van der Waals surface area contributed by atoms with E-state index in [0.29, 0.717) is 38.3 Å². The number of alkyl halides is 3. The smallest absolute Gasteiger partial charge is 0.357 e. The van der Waals surface area contributed by atoms with Crippen molar-refractivity contribution < 1.29 is 18.0 Å². The van der Waals surface area contributed by atoms with Gasteiger partial charge in [-0.2, -0.15) is 18.3 Å². The first kappa shape index (κ1) is 21.1. The number of amides is 1. The topological polar surface area (TPSA) is 63.1 Å². The number of anilines is 1. The third-order valence-corrected chi connectivity index (χ3v) is 5.60. The van der Waals surface area contributed by atoms with Crippen molar-refractivity contribution >= 4 is 11.7 Å². The minimum atomic E-state index is -4.39.